The Hall–Kier alpha value is -3.85. The third-order valence-electron chi connectivity index (χ3n) is 4.87. The van der Waals surface area contributed by atoms with Gasteiger partial charge in [0.25, 0.3) is 15.9 Å². The van der Waals surface area contributed by atoms with E-state index >= 15 is 0 Å². The Morgan fingerprint density at radius 2 is 1.71 bits per heavy atom. The summed E-state index contributed by atoms with van der Waals surface area (Å²) in [5.41, 5.74) is 1.28. The molecule has 0 aliphatic rings. The van der Waals surface area contributed by atoms with E-state index in [-0.39, 0.29) is 10.8 Å². The minimum atomic E-state index is -3.79. The largest absolute Gasteiger partial charge is 0.322 e. The molecule has 4 rings (SSSR count). The molecule has 0 radical (unpaired) electrons. The first-order chi connectivity index (χ1) is 14.9. The van der Waals surface area contributed by atoms with Crippen LogP contribution in [0.4, 0.5) is 11.4 Å². The number of rotatable bonds is 6. The molecule has 0 spiro atoms. The number of sulfonamides is 1. The van der Waals surface area contributed by atoms with Crippen LogP contribution in [0.5, 0.6) is 0 Å². The Labute approximate surface area is 180 Å². The summed E-state index contributed by atoms with van der Waals surface area (Å²) in [4.78, 5) is 13.0. The predicted octanol–water partition coefficient (Wildman–Crippen LogP) is 3.29. The van der Waals surface area contributed by atoms with Crippen molar-refractivity contribution in [1.29, 1.82) is 0 Å². The van der Waals surface area contributed by atoms with Gasteiger partial charge in [0.2, 0.25) is 0 Å². The molecule has 2 aromatic carbocycles. The minimum absolute atomic E-state index is 0.0773. The Kier molecular flexibility index (Phi) is 5.35. The number of nitrogens with zero attached hydrogens (tertiary/aromatic N) is 4. The van der Waals surface area contributed by atoms with Crippen molar-refractivity contribution in [2.75, 3.05) is 16.7 Å². The molecular weight excluding hydrogens is 414 g/mol. The molecule has 1 amide bonds. The molecule has 0 aliphatic carbocycles. The van der Waals surface area contributed by atoms with Gasteiger partial charge in [0.15, 0.2) is 0 Å². The molecule has 0 bridgehead atoms. The number of para-hydroxylation sites is 1. The molecule has 0 atom stereocenters. The highest BCUT2D eigenvalue weighted by molar-refractivity contribution is 7.92. The molecule has 0 saturated carbocycles. The molecule has 158 valence electrons. The van der Waals surface area contributed by atoms with Gasteiger partial charge in [-0.3, -0.25) is 13.8 Å². The monoisotopic (exact) mass is 435 g/mol. The van der Waals surface area contributed by atoms with E-state index in [2.05, 4.69) is 10.4 Å². The van der Waals surface area contributed by atoms with Crippen molar-refractivity contribution in [2.24, 2.45) is 7.05 Å². The van der Waals surface area contributed by atoms with Crippen LogP contribution in [-0.4, -0.2) is 35.7 Å². The number of carbonyl (C=O) groups excluding carboxylic acids is 1. The SMILES string of the molecule is CN(c1ccccc1)S(=O)(=O)c1cccc(NC(=O)c2cnn(C)c2-n2cccc2)c1. The van der Waals surface area contributed by atoms with Gasteiger partial charge in [-0.15, -0.1) is 0 Å². The number of benzene rings is 2. The fourth-order valence-electron chi connectivity index (χ4n) is 3.24. The summed E-state index contributed by atoms with van der Waals surface area (Å²) in [6.45, 7) is 0. The second-order valence-corrected chi connectivity index (χ2v) is 8.86. The Balaban J connectivity index is 1.61. The van der Waals surface area contributed by atoms with Gasteiger partial charge < -0.3 is 9.88 Å². The highest BCUT2D eigenvalue weighted by Crippen LogP contribution is 2.24. The fourth-order valence-corrected chi connectivity index (χ4v) is 4.48. The maximum atomic E-state index is 13.1. The van der Waals surface area contributed by atoms with Crippen LogP contribution in [0.1, 0.15) is 10.4 Å². The molecule has 31 heavy (non-hydrogen) atoms. The van der Waals surface area contributed by atoms with E-state index in [9.17, 15) is 13.2 Å². The summed E-state index contributed by atoms with van der Waals surface area (Å²) in [5, 5.41) is 6.96. The van der Waals surface area contributed by atoms with Crippen molar-refractivity contribution >= 4 is 27.3 Å². The van der Waals surface area contributed by atoms with Crippen molar-refractivity contribution in [2.45, 2.75) is 4.90 Å². The van der Waals surface area contributed by atoms with E-state index in [1.54, 1.807) is 52.7 Å². The number of nitrogens with one attached hydrogen (secondary N) is 1. The zero-order chi connectivity index (χ0) is 22.0. The third-order valence-corrected chi connectivity index (χ3v) is 6.65. The smallest absolute Gasteiger partial charge is 0.264 e. The van der Waals surface area contributed by atoms with Crippen molar-refractivity contribution in [3.05, 3.63) is 90.9 Å². The zero-order valence-corrected chi connectivity index (χ0v) is 17.8. The summed E-state index contributed by atoms with van der Waals surface area (Å²) < 4.78 is 30.7. The van der Waals surface area contributed by atoms with E-state index in [0.29, 0.717) is 22.8 Å². The van der Waals surface area contributed by atoms with Gasteiger partial charge in [0, 0.05) is 32.2 Å². The number of hydrogen-bond acceptors (Lipinski definition) is 4. The van der Waals surface area contributed by atoms with E-state index in [1.165, 1.54) is 29.7 Å². The normalized spacial score (nSPS) is 11.3. The van der Waals surface area contributed by atoms with E-state index < -0.39 is 10.0 Å². The molecule has 9 heteroatoms. The van der Waals surface area contributed by atoms with Crippen LogP contribution in [-0.2, 0) is 17.1 Å². The molecule has 0 aliphatic heterocycles. The topological polar surface area (TPSA) is 89.2 Å². The summed E-state index contributed by atoms with van der Waals surface area (Å²) >= 11 is 0. The van der Waals surface area contributed by atoms with Crippen LogP contribution in [0.2, 0.25) is 0 Å². The van der Waals surface area contributed by atoms with Crippen LogP contribution < -0.4 is 9.62 Å². The quantitative estimate of drug-likeness (QED) is 0.503. The molecule has 1 N–H and O–H groups in total. The number of carbonyl (C=O) groups is 1. The summed E-state index contributed by atoms with van der Waals surface area (Å²) in [6.07, 6.45) is 5.12. The van der Waals surface area contributed by atoms with Gasteiger partial charge in [-0.2, -0.15) is 5.10 Å². The minimum Gasteiger partial charge on any atom is -0.322 e. The average Bonchev–Trinajstić information content (AvgIpc) is 3.43. The van der Waals surface area contributed by atoms with Crippen molar-refractivity contribution in [1.82, 2.24) is 14.3 Å². The molecule has 0 fully saturated rings. The number of aromatic nitrogens is 3. The summed E-state index contributed by atoms with van der Waals surface area (Å²) in [5.74, 6) is 0.220. The van der Waals surface area contributed by atoms with E-state index in [4.69, 9.17) is 0 Å². The van der Waals surface area contributed by atoms with E-state index in [0.717, 1.165) is 0 Å². The lowest BCUT2D eigenvalue weighted by Gasteiger charge is -2.20. The standard InChI is InChI=1S/C22H21N5O3S/c1-25-22(27-13-6-7-14-27)20(16-23-25)21(28)24-17-9-8-12-19(15-17)31(29,30)26(2)18-10-4-3-5-11-18/h3-16H,1-2H3,(H,24,28). The van der Waals surface area contributed by atoms with Crippen molar-refractivity contribution < 1.29 is 13.2 Å². The molecule has 0 saturated heterocycles. The molecule has 2 heterocycles. The number of aryl methyl sites for hydroxylation is 1. The number of amides is 1. The molecule has 0 unspecified atom stereocenters. The number of hydrogen-bond donors (Lipinski definition) is 1. The summed E-state index contributed by atoms with van der Waals surface area (Å²) in [6, 6.07) is 18.7. The van der Waals surface area contributed by atoms with Crippen LogP contribution in [0, 0.1) is 0 Å². The van der Waals surface area contributed by atoms with Gasteiger partial charge >= 0.3 is 0 Å². The summed E-state index contributed by atoms with van der Waals surface area (Å²) in [7, 11) is -0.549. The number of anilines is 2. The predicted molar refractivity (Wildman–Crippen MR) is 119 cm³/mol. The Morgan fingerprint density at radius 1 is 1.00 bits per heavy atom. The van der Waals surface area contributed by atoms with Gasteiger partial charge in [0.05, 0.1) is 16.8 Å². The zero-order valence-electron chi connectivity index (χ0n) is 17.0. The van der Waals surface area contributed by atoms with Crippen LogP contribution >= 0.6 is 0 Å². The first-order valence-corrected chi connectivity index (χ1v) is 10.9. The van der Waals surface area contributed by atoms with Gasteiger partial charge in [-0.05, 0) is 42.5 Å². The third kappa shape index (κ3) is 3.95. The van der Waals surface area contributed by atoms with E-state index in [1.807, 2.05) is 30.6 Å². The van der Waals surface area contributed by atoms with Gasteiger partial charge in [-0.1, -0.05) is 24.3 Å². The average molecular weight is 436 g/mol. The Morgan fingerprint density at radius 3 is 2.42 bits per heavy atom. The van der Waals surface area contributed by atoms with Crippen LogP contribution in [0.25, 0.3) is 5.82 Å². The molecular formula is C22H21N5O3S. The highest BCUT2D eigenvalue weighted by atomic mass is 32.2. The second kappa shape index (κ2) is 8.11. The highest BCUT2D eigenvalue weighted by Gasteiger charge is 2.22. The maximum Gasteiger partial charge on any atom is 0.264 e. The second-order valence-electron chi connectivity index (χ2n) is 6.89. The van der Waals surface area contributed by atoms with Crippen LogP contribution in [0.3, 0.4) is 0 Å². The molecule has 2 aromatic heterocycles. The van der Waals surface area contributed by atoms with Crippen LogP contribution in [0.15, 0.2) is 90.2 Å². The van der Waals surface area contributed by atoms with Crippen molar-refractivity contribution in [3.8, 4) is 5.82 Å². The lowest BCUT2D eigenvalue weighted by atomic mass is 10.2. The lowest BCUT2D eigenvalue weighted by Crippen LogP contribution is -2.26. The lowest BCUT2D eigenvalue weighted by molar-refractivity contribution is 0.102. The molecule has 4 aromatic rings. The maximum absolute atomic E-state index is 13.1. The van der Waals surface area contributed by atoms with Gasteiger partial charge in [0.1, 0.15) is 11.4 Å². The molecule has 8 nitrogen and oxygen atoms in total. The fraction of sp³-hybridized carbons (Fsp3) is 0.0909. The first kappa shape index (κ1) is 20.4. The van der Waals surface area contributed by atoms with Crippen molar-refractivity contribution in [3.63, 3.8) is 0 Å². The Bertz CT molecular complexity index is 1310. The van der Waals surface area contributed by atoms with Gasteiger partial charge in [-0.25, -0.2) is 8.42 Å². The first-order valence-electron chi connectivity index (χ1n) is 9.48.